The molecule has 3 rings (SSSR count). The third-order valence-electron chi connectivity index (χ3n) is 4.05. The molecular formula is C18H16N4O5. The summed E-state index contributed by atoms with van der Waals surface area (Å²) in [6.07, 6.45) is -0.848. The Morgan fingerprint density at radius 2 is 2.11 bits per heavy atom. The summed E-state index contributed by atoms with van der Waals surface area (Å²) in [4.78, 5) is 28.3. The van der Waals surface area contributed by atoms with Gasteiger partial charge < -0.3 is 20.3 Å². The van der Waals surface area contributed by atoms with E-state index < -0.39 is 36.6 Å². The number of hydrogen-bond acceptors (Lipinski definition) is 7. The van der Waals surface area contributed by atoms with Crippen molar-refractivity contribution >= 4 is 11.7 Å². The Hall–Kier alpha value is -3.32. The van der Waals surface area contributed by atoms with Gasteiger partial charge in [0.1, 0.15) is 18.0 Å². The third kappa shape index (κ3) is 3.78. The molecule has 2 heterocycles. The van der Waals surface area contributed by atoms with Crippen LogP contribution in [0, 0.1) is 11.3 Å². The summed E-state index contributed by atoms with van der Waals surface area (Å²) < 4.78 is 6.53. The molecule has 3 atom stereocenters. The van der Waals surface area contributed by atoms with E-state index in [-0.39, 0.29) is 11.4 Å². The van der Waals surface area contributed by atoms with Crippen molar-refractivity contribution in [3.05, 3.63) is 70.3 Å². The van der Waals surface area contributed by atoms with Crippen LogP contribution in [0.5, 0.6) is 0 Å². The van der Waals surface area contributed by atoms with Gasteiger partial charge in [0.15, 0.2) is 6.23 Å². The number of rotatable bonds is 4. The van der Waals surface area contributed by atoms with Crippen molar-refractivity contribution < 1.29 is 19.7 Å². The summed E-state index contributed by atoms with van der Waals surface area (Å²) in [6.45, 7) is -0.478. The maximum atomic E-state index is 12.4. The van der Waals surface area contributed by atoms with Crippen LogP contribution < -0.4 is 11.0 Å². The van der Waals surface area contributed by atoms with Gasteiger partial charge in [-0.15, -0.1) is 0 Å². The molecule has 0 unspecified atom stereocenters. The molecule has 3 N–H and O–H groups in total. The standard InChI is InChI=1S/C18H16N4O5/c19-8-6-12-15(24)13(10-23)27-17(12)22-9-7-14(21-18(22)26)20-16(25)11-4-2-1-3-5-11/h1-7,9,13,15,17,23-24H,10H2,(H,20,21,25,26)/b12-6+/t13-,15+,17-/m1/s1. The monoisotopic (exact) mass is 368 g/mol. The number of aliphatic hydroxyl groups excluding tert-OH is 2. The highest BCUT2D eigenvalue weighted by molar-refractivity contribution is 6.03. The molecule has 1 aromatic carbocycles. The number of allylic oxidation sites excluding steroid dienone is 1. The topological polar surface area (TPSA) is 137 Å². The van der Waals surface area contributed by atoms with Crippen LogP contribution in [0.15, 0.2) is 59.0 Å². The molecular weight excluding hydrogens is 352 g/mol. The van der Waals surface area contributed by atoms with E-state index in [9.17, 15) is 19.8 Å². The number of carbonyl (C=O) groups is 1. The van der Waals surface area contributed by atoms with E-state index in [1.807, 2.05) is 0 Å². The quantitative estimate of drug-likeness (QED) is 0.655. The van der Waals surface area contributed by atoms with E-state index in [0.29, 0.717) is 5.56 Å². The van der Waals surface area contributed by atoms with Crippen molar-refractivity contribution in [2.45, 2.75) is 18.4 Å². The maximum absolute atomic E-state index is 12.4. The molecule has 1 aliphatic rings. The number of nitriles is 1. The van der Waals surface area contributed by atoms with Gasteiger partial charge >= 0.3 is 5.69 Å². The Morgan fingerprint density at radius 3 is 2.74 bits per heavy atom. The Bertz CT molecular complexity index is 964. The lowest BCUT2D eigenvalue weighted by molar-refractivity contribution is -0.0447. The SMILES string of the molecule is N#C/C=C1/[C@H](n2ccc(NC(=O)c3ccccc3)nc2=O)O[C@H](CO)[C@H]1O. The Kier molecular flexibility index (Phi) is 5.42. The first-order valence-electron chi connectivity index (χ1n) is 8.04. The molecule has 0 spiro atoms. The zero-order valence-corrected chi connectivity index (χ0v) is 14.0. The highest BCUT2D eigenvalue weighted by atomic mass is 16.5. The molecule has 9 heteroatoms. The van der Waals surface area contributed by atoms with Crippen molar-refractivity contribution in [2.24, 2.45) is 0 Å². The molecule has 0 bridgehead atoms. The van der Waals surface area contributed by atoms with Gasteiger partial charge in [-0.2, -0.15) is 10.2 Å². The van der Waals surface area contributed by atoms with E-state index in [1.165, 1.54) is 12.3 Å². The Balaban J connectivity index is 1.85. The average Bonchev–Trinajstić information content (AvgIpc) is 2.99. The molecule has 0 aliphatic carbocycles. The number of nitrogens with one attached hydrogen (secondary N) is 1. The highest BCUT2D eigenvalue weighted by Gasteiger charge is 2.40. The second kappa shape index (κ2) is 7.92. The number of carbonyl (C=O) groups excluding carboxylic acids is 1. The normalized spacial score (nSPS) is 23.1. The van der Waals surface area contributed by atoms with Crippen LogP contribution in [0.3, 0.4) is 0 Å². The van der Waals surface area contributed by atoms with E-state index in [1.54, 1.807) is 36.4 Å². The first-order chi connectivity index (χ1) is 13.0. The fraction of sp³-hybridized carbons (Fsp3) is 0.222. The smallest absolute Gasteiger partial charge is 0.351 e. The second-order valence-corrected chi connectivity index (χ2v) is 5.75. The lowest BCUT2D eigenvalue weighted by atomic mass is 10.1. The predicted molar refractivity (Wildman–Crippen MR) is 93.6 cm³/mol. The van der Waals surface area contributed by atoms with Crippen LogP contribution in [-0.2, 0) is 4.74 Å². The van der Waals surface area contributed by atoms with E-state index >= 15 is 0 Å². The van der Waals surface area contributed by atoms with Gasteiger partial charge in [0, 0.05) is 23.4 Å². The molecule has 138 valence electrons. The molecule has 1 aliphatic heterocycles. The van der Waals surface area contributed by atoms with Gasteiger partial charge in [-0.25, -0.2) is 4.79 Å². The fourth-order valence-electron chi connectivity index (χ4n) is 2.72. The van der Waals surface area contributed by atoms with Gasteiger partial charge in [0.25, 0.3) is 5.91 Å². The first kappa shape index (κ1) is 18.5. The lowest BCUT2D eigenvalue weighted by Crippen LogP contribution is -2.29. The van der Waals surface area contributed by atoms with Crippen LogP contribution in [-0.4, -0.2) is 44.5 Å². The zero-order chi connectivity index (χ0) is 19.4. The number of anilines is 1. The van der Waals surface area contributed by atoms with Gasteiger partial charge in [-0.1, -0.05) is 18.2 Å². The molecule has 1 saturated heterocycles. The largest absolute Gasteiger partial charge is 0.394 e. The van der Waals surface area contributed by atoms with E-state index in [0.717, 1.165) is 10.6 Å². The maximum Gasteiger partial charge on any atom is 0.351 e. The van der Waals surface area contributed by atoms with Crippen molar-refractivity contribution in [2.75, 3.05) is 11.9 Å². The number of nitrogens with zero attached hydrogens (tertiary/aromatic N) is 3. The predicted octanol–water partition coefficient (Wildman–Crippen LogP) is 0.196. The zero-order valence-electron chi connectivity index (χ0n) is 14.0. The molecule has 2 aromatic rings. The lowest BCUT2D eigenvalue weighted by Gasteiger charge is -2.15. The van der Waals surface area contributed by atoms with Crippen molar-refractivity contribution in [1.82, 2.24) is 9.55 Å². The van der Waals surface area contributed by atoms with Crippen LogP contribution in [0.25, 0.3) is 0 Å². The van der Waals surface area contributed by atoms with Gasteiger partial charge in [-0.3, -0.25) is 9.36 Å². The van der Waals surface area contributed by atoms with Crippen molar-refractivity contribution in [3.8, 4) is 6.07 Å². The molecule has 0 radical (unpaired) electrons. The van der Waals surface area contributed by atoms with Crippen LogP contribution in [0.4, 0.5) is 5.82 Å². The molecule has 27 heavy (non-hydrogen) atoms. The number of ether oxygens (including phenoxy) is 1. The number of benzene rings is 1. The fourth-order valence-corrected chi connectivity index (χ4v) is 2.72. The van der Waals surface area contributed by atoms with Gasteiger partial charge in [0.2, 0.25) is 0 Å². The summed E-state index contributed by atoms with van der Waals surface area (Å²) in [5.41, 5.74) is -0.197. The Labute approximate surface area is 153 Å². The second-order valence-electron chi connectivity index (χ2n) is 5.75. The number of aliphatic hydroxyl groups is 2. The molecule has 1 fully saturated rings. The van der Waals surface area contributed by atoms with Gasteiger partial charge in [-0.05, 0) is 18.2 Å². The van der Waals surface area contributed by atoms with Crippen molar-refractivity contribution in [1.29, 1.82) is 5.26 Å². The molecule has 1 amide bonds. The van der Waals surface area contributed by atoms with E-state index in [2.05, 4.69) is 10.3 Å². The average molecular weight is 368 g/mol. The summed E-state index contributed by atoms with van der Waals surface area (Å²) in [5, 5.41) is 30.8. The third-order valence-corrected chi connectivity index (χ3v) is 4.05. The summed E-state index contributed by atoms with van der Waals surface area (Å²) in [5.74, 6) is -0.369. The molecule has 9 nitrogen and oxygen atoms in total. The minimum absolute atomic E-state index is 0.0492. The summed E-state index contributed by atoms with van der Waals surface area (Å²) in [6, 6.07) is 11.6. The van der Waals surface area contributed by atoms with Crippen LogP contribution in [0.1, 0.15) is 16.6 Å². The Morgan fingerprint density at radius 1 is 1.37 bits per heavy atom. The van der Waals surface area contributed by atoms with Gasteiger partial charge in [0.05, 0.1) is 12.7 Å². The first-order valence-corrected chi connectivity index (χ1v) is 8.04. The minimum atomic E-state index is -1.22. The van der Waals surface area contributed by atoms with E-state index in [4.69, 9.17) is 10.00 Å². The van der Waals surface area contributed by atoms with Crippen molar-refractivity contribution in [3.63, 3.8) is 0 Å². The number of hydrogen-bond donors (Lipinski definition) is 3. The molecule has 1 aromatic heterocycles. The summed E-state index contributed by atoms with van der Waals surface area (Å²) >= 11 is 0. The summed E-state index contributed by atoms with van der Waals surface area (Å²) in [7, 11) is 0. The van der Waals surface area contributed by atoms with Crippen LogP contribution >= 0.6 is 0 Å². The molecule has 0 saturated carbocycles. The number of aromatic nitrogens is 2. The minimum Gasteiger partial charge on any atom is -0.394 e. The van der Waals surface area contributed by atoms with Crippen LogP contribution in [0.2, 0.25) is 0 Å². The number of amides is 1. The highest BCUT2D eigenvalue weighted by Crippen LogP contribution is 2.33.